The number of amides is 4. The molecule has 1 aromatic carbocycles. The molecule has 4 amide bonds. The van der Waals surface area contributed by atoms with Crippen molar-refractivity contribution in [2.45, 2.75) is 121 Å². The van der Waals surface area contributed by atoms with Crippen molar-refractivity contribution < 1.29 is 46.9 Å². The molecule has 312 valence electrons. The highest BCUT2D eigenvalue weighted by molar-refractivity contribution is 7.91. The monoisotopic (exact) mass is 811 g/mol. The van der Waals surface area contributed by atoms with Crippen LogP contribution in [0.4, 0.5) is 4.79 Å². The molecule has 7 atom stereocenters. The van der Waals surface area contributed by atoms with E-state index in [4.69, 9.17) is 14.2 Å². The van der Waals surface area contributed by atoms with Crippen LogP contribution >= 0.6 is 0 Å². The summed E-state index contributed by atoms with van der Waals surface area (Å²) >= 11 is 0. The van der Waals surface area contributed by atoms with Crippen LogP contribution in [0, 0.1) is 17.8 Å². The van der Waals surface area contributed by atoms with E-state index in [1.165, 1.54) is 9.80 Å². The number of carbonyl (C=O) groups excluding carboxylic acids is 3. The van der Waals surface area contributed by atoms with Gasteiger partial charge in [-0.1, -0.05) is 44.2 Å². The molecule has 15 nitrogen and oxygen atoms in total. The van der Waals surface area contributed by atoms with Gasteiger partial charge in [-0.15, -0.1) is 0 Å². The van der Waals surface area contributed by atoms with Gasteiger partial charge in [-0.05, 0) is 84.1 Å². The van der Waals surface area contributed by atoms with E-state index in [0.717, 1.165) is 11.8 Å². The number of methoxy groups -OCH3 is 1. The van der Waals surface area contributed by atoms with Gasteiger partial charge in [0.25, 0.3) is 5.91 Å². The molecule has 0 radical (unpaired) electrons. The summed E-state index contributed by atoms with van der Waals surface area (Å²) < 4.78 is 45.2. The van der Waals surface area contributed by atoms with Crippen molar-refractivity contribution >= 4 is 44.6 Å². The molecule has 1 aromatic heterocycles. The number of hydrogen-bond donors (Lipinski definition) is 3. The number of hydrogen-bond acceptors (Lipinski definition) is 10. The Hall–Kier alpha value is -4.44. The van der Waals surface area contributed by atoms with Crippen molar-refractivity contribution in [3.8, 4) is 11.6 Å². The molecule has 16 heteroatoms. The number of pyridine rings is 1. The van der Waals surface area contributed by atoms with Crippen LogP contribution in [0.1, 0.15) is 86.5 Å². The number of carbonyl (C=O) groups is 4. The van der Waals surface area contributed by atoms with E-state index in [1.54, 1.807) is 41.0 Å². The van der Waals surface area contributed by atoms with Crippen LogP contribution in [0.3, 0.4) is 0 Å². The Balaban J connectivity index is 1.38. The fourth-order valence-corrected chi connectivity index (χ4v) is 9.62. The number of rotatable bonds is 10. The normalized spacial score (nSPS) is 29.5. The van der Waals surface area contributed by atoms with Gasteiger partial charge < -0.3 is 29.5 Å². The third-order valence-electron chi connectivity index (χ3n) is 12.0. The van der Waals surface area contributed by atoms with Gasteiger partial charge >= 0.3 is 6.09 Å². The zero-order chi connectivity index (χ0) is 41.5. The van der Waals surface area contributed by atoms with Gasteiger partial charge in [0, 0.05) is 35.8 Å². The van der Waals surface area contributed by atoms with Crippen LogP contribution in [0.5, 0.6) is 11.6 Å². The van der Waals surface area contributed by atoms with Gasteiger partial charge in [0.2, 0.25) is 27.7 Å². The highest BCUT2D eigenvalue weighted by atomic mass is 32.2. The molecule has 3 N–H and O–H groups in total. The largest absolute Gasteiger partial charge is 0.489 e. The standard InChI is InChI=1S/C41H57N5O10S/c1-25-12-8-9-13-27-22-41(27,37(49)44-57(52,53)40(6)16-17-40)43-34(47)31-21-28(24-45(31)36(48)33(26(2)20-25)46(38(50)51)39(3,4)5)56-35-30-15-11-10-14-29(30)32(23-42-35)55-19-18-54-7/h9-11,13-15,23,25-28,31,33H,8,12,16-22,24H2,1-7H3,(H,43,47)(H,44,49)(H,50,51)/b13-9-/t25-,26-,27-,28-,31+,33+,41-/m1/s1. The number of sulfonamides is 1. The van der Waals surface area contributed by atoms with E-state index < -0.39 is 79.7 Å². The van der Waals surface area contributed by atoms with Gasteiger partial charge in [0.05, 0.1) is 24.1 Å². The van der Waals surface area contributed by atoms with Gasteiger partial charge in [0.1, 0.15) is 36.1 Å². The maximum Gasteiger partial charge on any atom is 0.408 e. The van der Waals surface area contributed by atoms with Gasteiger partial charge in [-0.3, -0.25) is 24.0 Å². The number of aromatic nitrogens is 1. The average molecular weight is 812 g/mol. The summed E-state index contributed by atoms with van der Waals surface area (Å²) in [5, 5.41) is 14.9. The first kappa shape index (κ1) is 42.2. The van der Waals surface area contributed by atoms with Crippen molar-refractivity contribution in [1.82, 2.24) is 24.8 Å². The summed E-state index contributed by atoms with van der Waals surface area (Å²) in [7, 11) is -2.44. The van der Waals surface area contributed by atoms with E-state index in [0.29, 0.717) is 50.0 Å². The highest BCUT2D eigenvalue weighted by Crippen LogP contribution is 2.48. The second-order valence-corrected chi connectivity index (χ2v) is 19.7. The summed E-state index contributed by atoms with van der Waals surface area (Å²) in [5.74, 6) is -2.06. The van der Waals surface area contributed by atoms with Crippen LogP contribution in [-0.4, -0.2) is 113 Å². The Bertz CT molecular complexity index is 2010. The molecule has 2 aliphatic carbocycles. The third kappa shape index (κ3) is 8.71. The molecule has 2 aliphatic heterocycles. The van der Waals surface area contributed by atoms with E-state index in [9.17, 15) is 27.9 Å². The maximum atomic E-state index is 15.1. The number of fused-ring (bicyclic) bond motifs is 3. The number of nitrogens with one attached hydrogen (secondary N) is 2. The second-order valence-electron chi connectivity index (χ2n) is 17.5. The first-order valence-electron chi connectivity index (χ1n) is 19.9. The lowest BCUT2D eigenvalue weighted by molar-refractivity contribution is -0.146. The predicted molar refractivity (Wildman–Crippen MR) is 212 cm³/mol. The first-order chi connectivity index (χ1) is 26.8. The minimum atomic E-state index is -4.02. The average Bonchev–Trinajstić information content (AvgIpc) is 4.02. The molecule has 2 saturated carbocycles. The lowest BCUT2D eigenvalue weighted by atomic mass is 9.85. The predicted octanol–water partition coefficient (Wildman–Crippen LogP) is 4.64. The summed E-state index contributed by atoms with van der Waals surface area (Å²) in [6.07, 6.45) is 6.25. The Morgan fingerprint density at radius 1 is 1.11 bits per heavy atom. The maximum absolute atomic E-state index is 15.1. The topological polar surface area (TPSA) is 194 Å². The number of nitrogens with zero attached hydrogens (tertiary/aromatic N) is 3. The van der Waals surface area contributed by atoms with E-state index in [1.807, 2.05) is 43.3 Å². The highest BCUT2D eigenvalue weighted by Gasteiger charge is 2.63. The summed E-state index contributed by atoms with van der Waals surface area (Å²) in [5.41, 5.74) is -2.54. The molecule has 0 bridgehead atoms. The lowest BCUT2D eigenvalue weighted by Crippen LogP contribution is -2.62. The minimum Gasteiger partial charge on any atom is -0.489 e. The quantitative estimate of drug-likeness (QED) is 0.224. The Labute approximate surface area is 334 Å². The number of carboxylic acid groups (broad SMARTS) is 1. The minimum absolute atomic E-state index is 0.00562. The van der Waals surface area contributed by atoms with Gasteiger partial charge in [-0.25, -0.2) is 18.2 Å². The number of ether oxygens (including phenoxy) is 3. The zero-order valence-electron chi connectivity index (χ0n) is 33.9. The van der Waals surface area contributed by atoms with Gasteiger partial charge in [-0.2, -0.15) is 0 Å². The zero-order valence-corrected chi connectivity index (χ0v) is 34.8. The van der Waals surface area contributed by atoms with E-state index in [2.05, 4.69) is 21.9 Å². The molecule has 4 aliphatic rings. The van der Waals surface area contributed by atoms with Crippen molar-refractivity contribution in [1.29, 1.82) is 0 Å². The molecular formula is C41H57N5O10S. The number of benzene rings is 1. The van der Waals surface area contributed by atoms with Gasteiger partial charge in [0.15, 0.2) is 0 Å². The molecule has 0 unspecified atom stereocenters. The van der Waals surface area contributed by atoms with Crippen LogP contribution < -0.4 is 19.5 Å². The second kappa shape index (κ2) is 16.1. The molecular weight excluding hydrogens is 755 g/mol. The van der Waals surface area contributed by atoms with Crippen molar-refractivity contribution in [3.63, 3.8) is 0 Å². The van der Waals surface area contributed by atoms with Crippen molar-refractivity contribution in [3.05, 3.63) is 42.6 Å². The first-order valence-corrected chi connectivity index (χ1v) is 21.3. The molecule has 6 rings (SSSR count). The Morgan fingerprint density at radius 2 is 1.81 bits per heavy atom. The molecule has 0 spiro atoms. The lowest BCUT2D eigenvalue weighted by Gasteiger charge is -2.43. The Kier molecular flexibility index (Phi) is 11.9. The van der Waals surface area contributed by atoms with E-state index in [-0.39, 0.29) is 31.2 Å². The molecule has 3 fully saturated rings. The fraction of sp³-hybridized carbons (Fsp3) is 0.634. The van der Waals surface area contributed by atoms with Crippen molar-refractivity contribution in [2.24, 2.45) is 17.8 Å². The van der Waals surface area contributed by atoms with Crippen LogP contribution in [0.15, 0.2) is 42.6 Å². The molecule has 57 heavy (non-hydrogen) atoms. The van der Waals surface area contributed by atoms with Crippen LogP contribution in [-0.2, 0) is 29.1 Å². The fourth-order valence-electron chi connectivity index (χ4n) is 8.31. The third-order valence-corrected chi connectivity index (χ3v) is 14.1. The summed E-state index contributed by atoms with van der Waals surface area (Å²) in [6, 6.07) is 5.05. The van der Waals surface area contributed by atoms with E-state index >= 15 is 4.79 Å². The smallest absolute Gasteiger partial charge is 0.408 e. The van der Waals surface area contributed by atoms with Crippen LogP contribution in [0.2, 0.25) is 0 Å². The summed E-state index contributed by atoms with van der Waals surface area (Å²) in [4.78, 5) is 63.8. The summed E-state index contributed by atoms with van der Waals surface area (Å²) in [6.45, 7) is 11.3. The molecule has 3 heterocycles. The van der Waals surface area contributed by atoms with Crippen LogP contribution in [0.25, 0.3) is 10.8 Å². The SMILES string of the molecule is COCCOc1cnc(O[C@@H]2C[C@H]3C(=O)N[C@]4(C(=O)NS(=O)(=O)C5(C)CC5)C[C@H]4/C=C\CC[C@@H](C)C[C@@H](C)[C@H](N(C(=O)O)C(C)(C)C)C(=O)N3C2)c2ccccc12. The Morgan fingerprint density at radius 3 is 2.46 bits per heavy atom. The molecule has 1 saturated heterocycles. The molecule has 2 aromatic rings. The van der Waals surface area contributed by atoms with Crippen molar-refractivity contribution in [2.75, 3.05) is 26.9 Å². The number of allylic oxidation sites excluding steroid dienone is 1.